The predicted octanol–water partition coefficient (Wildman–Crippen LogP) is 3.14. The highest BCUT2D eigenvalue weighted by Gasteiger charge is 2.12. The van der Waals surface area contributed by atoms with E-state index in [1.54, 1.807) is 13.2 Å². The number of benzene rings is 2. The first-order valence-corrected chi connectivity index (χ1v) is 7.94. The van der Waals surface area contributed by atoms with E-state index < -0.39 is 4.92 Å². The summed E-state index contributed by atoms with van der Waals surface area (Å²) in [5.74, 6) is 1.17. The maximum atomic E-state index is 10.8. The van der Waals surface area contributed by atoms with E-state index >= 15 is 0 Å². The molecule has 0 aliphatic carbocycles. The Bertz CT molecular complexity index is 750. The van der Waals surface area contributed by atoms with Crippen molar-refractivity contribution < 1.29 is 14.4 Å². The van der Waals surface area contributed by atoms with E-state index in [-0.39, 0.29) is 5.69 Å². The molecule has 0 radical (unpaired) electrons. The summed E-state index contributed by atoms with van der Waals surface area (Å²) in [5.41, 5.74) is 1.68. The molecule has 0 unspecified atom stereocenters. The molecule has 25 heavy (non-hydrogen) atoms. The average Bonchev–Trinajstić information content (AvgIpc) is 2.62. The van der Waals surface area contributed by atoms with Gasteiger partial charge in [0.1, 0.15) is 11.5 Å². The molecular weight excluding hydrogens is 342 g/mol. The molecule has 0 spiro atoms. The highest BCUT2D eigenvalue weighted by atomic mass is 32.1. The Morgan fingerprint density at radius 2 is 1.88 bits per heavy atom. The summed E-state index contributed by atoms with van der Waals surface area (Å²) in [6.45, 7) is 0.646. The Morgan fingerprint density at radius 3 is 2.48 bits per heavy atom. The van der Waals surface area contributed by atoms with Crippen LogP contribution in [0.5, 0.6) is 11.5 Å². The van der Waals surface area contributed by atoms with Gasteiger partial charge in [-0.1, -0.05) is 12.1 Å². The van der Waals surface area contributed by atoms with E-state index in [4.69, 9.17) is 21.7 Å². The number of nitro groups is 1. The lowest BCUT2D eigenvalue weighted by molar-refractivity contribution is -0.384. The van der Waals surface area contributed by atoms with Crippen LogP contribution in [0.15, 0.2) is 42.5 Å². The number of rotatable bonds is 7. The maximum Gasteiger partial charge on any atom is 0.273 e. The third kappa shape index (κ3) is 5.32. The molecule has 7 nitrogen and oxygen atoms in total. The highest BCUT2D eigenvalue weighted by molar-refractivity contribution is 7.80. The molecule has 0 saturated carbocycles. The van der Waals surface area contributed by atoms with Crippen LogP contribution >= 0.6 is 12.2 Å². The standard InChI is InChI=1S/C17H19N3O4S/c1-23-14-6-3-12(4-7-14)9-10-18-17(25)19-15-8-5-13(20(21)22)11-16(15)24-2/h3-8,11H,9-10H2,1-2H3,(H2,18,19,25). The number of hydrogen-bond donors (Lipinski definition) is 2. The molecule has 0 fully saturated rings. The Kier molecular flexibility index (Phi) is 6.53. The molecule has 0 amide bonds. The number of non-ortho nitro benzene ring substituents is 1. The van der Waals surface area contributed by atoms with Crippen LogP contribution in [0.3, 0.4) is 0 Å². The van der Waals surface area contributed by atoms with Gasteiger partial charge in [-0.15, -0.1) is 0 Å². The monoisotopic (exact) mass is 361 g/mol. The van der Waals surface area contributed by atoms with Crippen molar-refractivity contribution in [1.82, 2.24) is 5.32 Å². The van der Waals surface area contributed by atoms with E-state index in [2.05, 4.69) is 10.6 Å². The zero-order chi connectivity index (χ0) is 18.2. The first kappa shape index (κ1) is 18.5. The van der Waals surface area contributed by atoms with Gasteiger partial charge in [0.25, 0.3) is 5.69 Å². The molecule has 2 aromatic rings. The van der Waals surface area contributed by atoms with E-state index in [1.165, 1.54) is 19.2 Å². The third-order valence-corrected chi connectivity index (χ3v) is 3.75. The molecule has 8 heteroatoms. The fourth-order valence-corrected chi connectivity index (χ4v) is 2.39. The molecule has 2 aromatic carbocycles. The SMILES string of the molecule is COc1ccc(CCNC(=S)Nc2ccc([N+](=O)[O-])cc2OC)cc1. The number of nitro benzene ring substituents is 1. The lowest BCUT2D eigenvalue weighted by Gasteiger charge is -2.13. The molecule has 2 N–H and O–H groups in total. The van der Waals surface area contributed by atoms with E-state index in [0.29, 0.717) is 23.1 Å². The number of hydrogen-bond acceptors (Lipinski definition) is 5. The van der Waals surface area contributed by atoms with Crippen molar-refractivity contribution in [2.24, 2.45) is 0 Å². The molecular formula is C17H19N3O4S. The number of methoxy groups -OCH3 is 2. The number of ether oxygens (including phenoxy) is 2. The van der Waals surface area contributed by atoms with Gasteiger partial charge in [0.05, 0.1) is 30.9 Å². The molecule has 0 bridgehead atoms. The van der Waals surface area contributed by atoms with Crippen LogP contribution in [0.1, 0.15) is 5.56 Å². The van der Waals surface area contributed by atoms with Crippen molar-refractivity contribution in [1.29, 1.82) is 0 Å². The fourth-order valence-electron chi connectivity index (χ4n) is 2.18. The second kappa shape index (κ2) is 8.84. The second-order valence-electron chi connectivity index (χ2n) is 5.12. The average molecular weight is 361 g/mol. The summed E-state index contributed by atoms with van der Waals surface area (Å²) in [5, 5.41) is 17.3. The number of nitrogens with one attached hydrogen (secondary N) is 2. The first-order valence-electron chi connectivity index (χ1n) is 7.53. The first-order chi connectivity index (χ1) is 12.0. The third-order valence-electron chi connectivity index (χ3n) is 3.50. The molecule has 0 aromatic heterocycles. The summed E-state index contributed by atoms with van der Waals surface area (Å²) >= 11 is 5.25. The molecule has 0 aliphatic heterocycles. The lowest BCUT2D eigenvalue weighted by atomic mass is 10.1. The van der Waals surface area contributed by atoms with Crippen molar-refractivity contribution in [3.63, 3.8) is 0 Å². The van der Waals surface area contributed by atoms with Crippen LogP contribution < -0.4 is 20.1 Å². The van der Waals surface area contributed by atoms with Crippen molar-refractivity contribution in [3.05, 3.63) is 58.1 Å². The molecule has 0 atom stereocenters. The van der Waals surface area contributed by atoms with Gasteiger partial charge >= 0.3 is 0 Å². The molecule has 0 saturated heterocycles. The molecule has 0 heterocycles. The van der Waals surface area contributed by atoms with Crippen LogP contribution in [0.4, 0.5) is 11.4 Å². The van der Waals surface area contributed by atoms with E-state index in [1.807, 2.05) is 24.3 Å². The maximum absolute atomic E-state index is 10.8. The predicted molar refractivity (Wildman–Crippen MR) is 101 cm³/mol. The van der Waals surface area contributed by atoms with E-state index in [0.717, 1.165) is 17.7 Å². The zero-order valence-electron chi connectivity index (χ0n) is 13.9. The van der Waals surface area contributed by atoms with Crippen LogP contribution in [0.25, 0.3) is 0 Å². The fraction of sp³-hybridized carbons (Fsp3) is 0.235. The van der Waals surface area contributed by atoms with E-state index in [9.17, 15) is 10.1 Å². The molecule has 2 rings (SSSR count). The largest absolute Gasteiger partial charge is 0.497 e. The van der Waals surface area contributed by atoms with Crippen LogP contribution in [-0.4, -0.2) is 30.8 Å². The van der Waals surface area contributed by atoms with Crippen molar-refractivity contribution in [2.45, 2.75) is 6.42 Å². The van der Waals surface area contributed by atoms with Crippen molar-refractivity contribution in [3.8, 4) is 11.5 Å². The van der Waals surface area contributed by atoms with Gasteiger partial charge in [0.15, 0.2) is 5.11 Å². The van der Waals surface area contributed by atoms with Gasteiger partial charge in [-0.25, -0.2) is 0 Å². The Hall–Kier alpha value is -2.87. The van der Waals surface area contributed by atoms with Crippen LogP contribution in [-0.2, 0) is 6.42 Å². The van der Waals surface area contributed by atoms with Gasteiger partial charge in [0, 0.05) is 12.6 Å². The summed E-state index contributed by atoms with van der Waals surface area (Å²) < 4.78 is 10.3. The number of nitrogens with zero attached hydrogens (tertiary/aromatic N) is 1. The Labute approximate surface area is 151 Å². The topological polar surface area (TPSA) is 85.7 Å². The Morgan fingerprint density at radius 1 is 1.16 bits per heavy atom. The smallest absolute Gasteiger partial charge is 0.273 e. The van der Waals surface area contributed by atoms with Crippen molar-refractivity contribution in [2.75, 3.05) is 26.1 Å². The van der Waals surface area contributed by atoms with Gasteiger partial charge in [-0.2, -0.15) is 0 Å². The van der Waals surface area contributed by atoms with Crippen LogP contribution in [0, 0.1) is 10.1 Å². The zero-order valence-corrected chi connectivity index (χ0v) is 14.8. The summed E-state index contributed by atoms with van der Waals surface area (Å²) in [7, 11) is 3.08. The number of anilines is 1. The minimum Gasteiger partial charge on any atom is -0.497 e. The lowest BCUT2D eigenvalue weighted by Crippen LogP contribution is -2.30. The summed E-state index contributed by atoms with van der Waals surface area (Å²) in [4.78, 5) is 10.3. The van der Waals surface area contributed by atoms with Crippen LogP contribution in [0.2, 0.25) is 0 Å². The van der Waals surface area contributed by atoms with Gasteiger partial charge in [0.2, 0.25) is 0 Å². The summed E-state index contributed by atoms with van der Waals surface area (Å²) in [6, 6.07) is 12.1. The van der Waals surface area contributed by atoms with Gasteiger partial charge in [-0.3, -0.25) is 10.1 Å². The van der Waals surface area contributed by atoms with Crippen molar-refractivity contribution >= 4 is 28.7 Å². The quantitative estimate of drug-likeness (QED) is 0.445. The minimum absolute atomic E-state index is 0.0409. The highest BCUT2D eigenvalue weighted by Crippen LogP contribution is 2.28. The normalized spacial score (nSPS) is 10.0. The molecule has 132 valence electrons. The Balaban J connectivity index is 1.88. The summed E-state index contributed by atoms with van der Waals surface area (Å²) in [6.07, 6.45) is 0.795. The minimum atomic E-state index is -0.474. The number of thiocarbonyl (C=S) groups is 1. The molecule has 0 aliphatic rings. The van der Waals surface area contributed by atoms with Gasteiger partial charge in [-0.05, 0) is 42.4 Å². The second-order valence-corrected chi connectivity index (χ2v) is 5.53. The van der Waals surface area contributed by atoms with Gasteiger partial charge < -0.3 is 20.1 Å².